The van der Waals surface area contributed by atoms with Crippen LogP contribution in [0.4, 0.5) is 22.0 Å². The lowest BCUT2D eigenvalue weighted by molar-refractivity contribution is 0.183. The van der Waals surface area contributed by atoms with Crippen LogP contribution in [0.15, 0.2) is 48.8 Å². The second-order valence-electron chi connectivity index (χ2n) is 11.4. The van der Waals surface area contributed by atoms with Gasteiger partial charge in [-0.1, -0.05) is 6.92 Å². The van der Waals surface area contributed by atoms with E-state index >= 15 is 0 Å². The van der Waals surface area contributed by atoms with Crippen molar-refractivity contribution in [1.29, 1.82) is 0 Å². The zero-order chi connectivity index (χ0) is 28.4. The topological polar surface area (TPSA) is 103 Å². The van der Waals surface area contributed by atoms with Crippen LogP contribution in [-0.2, 0) is 10.2 Å². The first kappa shape index (κ1) is 28.2. The number of aromatic nitrogens is 2. The van der Waals surface area contributed by atoms with E-state index in [1.54, 1.807) is 22.9 Å². The Bertz CT molecular complexity index is 1440. The van der Waals surface area contributed by atoms with Crippen LogP contribution in [0.5, 0.6) is 0 Å². The molecule has 2 aliphatic heterocycles. The number of anilines is 3. The summed E-state index contributed by atoms with van der Waals surface area (Å²) in [6.07, 6.45) is 7.03. The molecule has 2 saturated heterocycles. The summed E-state index contributed by atoms with van der Waals surface area (Å²) in [5.41, 5.74) is 2.28. The van der Waals surface area contributed by atoms with Gasteiger partial charge in [0, 0.05) is 63.1 Å². The number of benzene rings is 1. The lowest BCUT2D eigenvalue weighted by Gasteiger charge is -2.38. The fourth-order valence-electron chi connectivity index (χ4n) is 5.68. The zero-order valence-electron chi connectivity index (χ0n) is 23.9. The molecule has 0 bridgehead atoms. The fraction of sp³-hybridized carbons (Fsp3) is 0.517. The number of pyridine rings is 1. The number of carbonyl (C=O) groups excluding carboxylic acids is 1. The predicted molar refractivity (Wildman–Crippen MR) is 161 cm³/mol. The molecule has 4 heterocycles. The van der Waals surface area contributed by atoms with Crippen molar-refractivity contribution in [2.24, 2.45) is 5.92 Å². The summed E-state index contributed by atoms with van der Waals surface area (Å²) in [5.74, 6) is 1.48. The van der Waals surface area contributed by atoms with E-state index in [2.05, 4.69) is 53.8 Å². The Kier molecular flexibility index (Phi) is 8.23. The van der Waals surface area contributed by atoms with Gasteiger partial charge in [-0.15, -0.1) is 0 Å². The molecule has 2 fully saturated rings. The minimum absolute atomic E-state index is 0.0631. The third-order valence-corrected chi connectivity index (χ3v) is 9.61. The molecule has 1 aromatic carbocycles. The highest BCUT2D eigenvalue weighted by molar-refractivity contribution is 7.90. The highest BCUT2D eigenvalue weighted by atomic mass is 32.2. The number of nitrogens with one attached hydrogen (secondary N) is 2. The van der Waals surface area contributed by atoms with E-state index in [-0.39, 0.29) is 12.1 Å². The van der Waals surface area contributed by atoms with Crippen LogP contribution in [0.1, 0.15) is 46.5 Å². The average Bonchev–Trinajstić information content (AvgIpc) is 3.35. The van der Waals surface area contributed by atoms with Crippen molar-refractivity contribution in [3.8, 4) is 0 Å². The number of amides is 1. The van der Waals surface area contributed by atoms with E-state index in [0.717, 1.165) is 48.1 Å². The largest absolute Gasteiger partial charge is 0.380 e. The summed E-state index contributed by atoms with van der Waals surface area (Å²) < 4.78 is 31.7. The van der Waals surface area contributed by atoms with Crippen LogP contribution < -0.4 is 14.9 Å². The number of likely N-dealkylation sites (tertiary alicyclic amines) is 1. The summed E-state index contributed by atoms with van der Waals surface area (Å²) in [6.45, 7) is 8.75. The Morgan fingerprint density at radius 1 is 1.05 bits per heavy atom. The first-order valence-electron chi connectivity index (χ1n) is 14.2. The molecule has 40 heavy (non-hydrogen) atoms. The Hall–Kier alpha value is -3.31. The van der Waals surface area contributed by atoms with E-state index in [4.69, 9.17) is 0 Å². The summed E-state index contributed by atoms with van der Waals surface area (Å²) in [6, 6.07) is 11.7. The van der Waals surface area contributed by atoms with Crippen molar-refractivity contribution in [3.05, 3.63) is 48.8 Å². The van der Waals surface area contributed by atoms with E-state index in [0.29, 0.717) is 43.8 Å². The standard InChI is InChI=1S/C29H41N7O3S/c1-21(2)31-26-6-5-14-30-28(26)33(4)25-12-15-34(16-13-25)29(37)36-19-11-23-20-24(7-8-27(23)36)32-40(38,39)35-17-9-22(3)10-18-35/h5-8,11,14,19-22,25,31-32H,9-10,12-13,15-18H2,1-4H3. The maximum Gasteiger partial charge on any atom is 0.328 e. The van der Waals surface area contributed by atoms with E-state index in [9.17, 15) is 13.2 Å². The molecule has 216 valence electrons. The second-order valence-corrected chi connectivity index (χ2v) is 13.1. The first-order valence-corrected chi connectivity index (χ1v) is 15.7. The number of hydrogen-bond donors (Lipinski definition) is 2. The molecule has 2 N–H and O–H groups in total. The molecule has 10 nitrogen and oxygen atoms in total. The molecule has 0 atom stereocenters. The molecular formula is C29H41N7O3S. The molecule has 0 unspecified atom stereocenters. The van der Waals surface area contributed by atoms with Crippen molar-refractivity contribution in [1.82, 2.24) is 18.8 Å². The lowest BCUT2D eigenvalue weighted by atomic mass is 10.0. The number of carbonyl (C=O) groups is 1. The smallest absolute Gasteiger partial charge is 0.328 e. The van der Waals surface area contributed by atoms with Gasteiger partial charge in [-0.3, -0.25) is 9.29 Å². The van der Waals surface area contributed by atoms with Crippen molar-refractivity contribution in [2.45, 2.75) is 58.5 Å². The average molecular weight is 568 g/mol. The molecular weight excluding hydrogens is 526 g/mol. The van der Waals surface area contributed by atoms with Crippen LogP contribution in [0.2, 0.25) is 0 Å². The van der Waals surface area contributed by atoms with Gasteiger partial charge in [0.1, 0.15) is 0 Å². The molecule has 11 heteroatoms. The van der Waals surface area contributed by atoms with Gasteiger partial charge in [0.15, 0.2) is 5.82 Å². The molecule has 0 spiro atoms. The van der Waals surface area contributed by atoms with E-state index < -0.39 is 10.2 Å². The van der Waals surface area contributed by atoms with Gasteiger partial charge >= 0.3 is 16.2 Å². The molecule has 3 aromatic rings. The molecule has 1 amide bonds. The zero-order valence-corrected chi connectivity index (χ0v) is 24.7. The fourth-order valence-corrected chi connectivity index (χ4v) is 6.93. The SMILES string of the molecule is CC1CCN(S(=O)(=O)Nc2ccc3c(ccn3C(=O)N3CCC(N(C)c4ncccc4NC(C)C)CC3)c2)CC1. The van der Waals surface area contributed by atoms with Gasteiger partial charge < -0.3 is 15.1 Å². The maximum absolute atomic E-state index is 13.5. The van der Waals surface area contributed by atoms with Gasteiger partial charge in [0.25, 0.3) is 0 Å². The maximum atomic E-state index is 13.5. The molecule has 2 aromatic heterocycles. The lowest BCUT2D eigenvalue weighted by Crippen LogP contribution is -2.47. The van der Waals surface area contributed by atoms with Crippen molar-refractivity contribution >= 4 is 44.3 Å². The summed E-state index contributed by atoms with van der Waals surface area (Å²) in [4.78, 5) is 22.2. The Morgan fingerprint density at radius 2 is 1.77 bits per heavy atom. The second kappa shape index (κ2) is 11.7. The molecule has 0 saturated carbocycles. The number of nitrogens with zero attached hydrogens (tertiary/aromatic N) is 5. The minimum Gasteiger partial charge on any atom is -0.380 e. The summed E-state index contributed by atoms with van der Waals surface area (Å²) >= 11 is 0. The molecule has 0 aliphatic carbocycles. The Balaban J connectivity index is 1.23. The molecule has 5 rings (SSSR count). The van der Waals surface area contributed by atoms with Gasteiger partial charge in [0.2, 0.25) is 0 Å². The highest BCUT2D eigenvalue weighted by Gasteiger charge is 2.29. The van der Waals surface area contributed by atoms with Crippen LogP contribution in [0.25, 0.3) is 10.9 Å². The third-order valence-electron chi connectivity index (χ3n) is 8.07. The number of piperidine rings is 2. The molecule has 2 aliphatic rings. The Morgan fingerprint density at radius 3 is 2.48 bits per heavy atom. The quantitative estimate of drug-likeness (QED) is 0.425. The number of hydrogen-bond acceptors (Lipinski definition) is 6. The molecule has 0 radical (unpaired) electrons. The van der Waals surface area contributed by atoms with Crippen LogP contribution in [0, 0.1) is 5.92 Å². The normalized spacial score (nSPS) is 17.9. The van der Waals surface area contributed by atoms with Crippen molar-refractivity contribution in [2.75, 3.05) is 48.2 Å². The highest BCUT2D eigenvalue weighted by Crippen LogP contribution is 2.29. The number of fused-ring (bicyclic) bond motifs is 1. The van der Waals surface area contributed by atoms with Gasteiger partial charge in [-0.25, -0.2) is 9.78 Å². The summed E-state index contributed by atoms with van der Waals surface area (Å²) in [5, 5.41) is 4.29. The van der Waals surface area contributed by atoms with E-state index in [1.165, 1.54) is 4.31 Å². The van der Waals surface area contributed by atoms with Crippen molar-refractivity contribution < 1.29 is 13.2 Å². The van der Waals surface area contributed by atoms with Crippen molar-refractivity contribution in [3.63, 3.8) is 0 Å². The van der Waals surface area contributed by atoms with Crippen LogP contribution >= 0.6 is 0 Å². The van der Waals surface area contributed by atoms with Gasteiger partial charge in [-0.05, 0) is 81.8 Å². The van der Waals surface area contributed by atoms with Crippen LogP contribution in [-0.4, -0.2) is 78.5 Å². The van der Waals surface area contributed by atoms with Crippen LogP contribution in [0.3, 0.4) is 0 Å². The number of rotatable bonds is 7. The summed E-state index contributed by atoms with van der Waals surface area (Å²) in [7, 11) is -1.53. The third kappa shape index (κ3) is 6.05. The van der Waals surface area contributed by atoms with E-state index in [1.807, 2.05) is 29.3 Å². The predicted octanol–water partition coefficient (Wildman–Crippen LogP) is 4.81. The van der Waals surface area contributed by atoms with Gasteiger partial charge in [-0.2, -0.15) is 12.7 Å². The monoisotopic (exact) mass is 567 g/mol. The Labute approximate surface area is 237 Å². The minimum atomic E-state index is -3.61. The van der Waals surface area contributed by atoms with Gasteiger partial charge in [0.05, 0.1) is 16.9 Å². The first-order chi connectivity index (χ1) is 19.1.